The van der Waals surface area contributed by atoms with Crippen LogP contribution in [0.5, 0.6) is 0 Å². The molecule has 3 N–H and O–H groups in total. The number of rotatable bonds is 9. The highest BCUT2D eigenvalue weighted by atomic mass is 16.3. The van der Waals surface area contributed by atoms with Crippen molar-refractivity contribution in [2.45, 2.75) is 45.3 Å². The van der Waals surface area contributed by atoms with E-state index in [0.717, 1.165) is 12.0 Å². The van der Waals surface area contributed by atoms with Crippen LogP contribution < -0.4 is 16.2 Å². The zero-order valence-electron chi connectivity index (χ0n) is 21.0. The van der Waals surface area contributed by atoms with Crippen LogP contribution in [0.4, 0.5) is 0 Å². The second kappa shape index (κ2) is 10.9. The van der Waals surface area contributed by atoms with Crippen LogP contribution in [0.2, 0.25) is 0 Å². The third kappa shape index (κ3) is 5.25. The highest BCUT2D eigenvalue weighted by molar-refractivity contribution is 6.08. The van der Waals surface area contributed by atoms with E-state index in [2.05, 4.69) is 10.6 Å². The van der Waals surface area contributed by atoms with E-state index in [-0.39, 0.29) is 30.7 Å². The van der Waals surface area contributed by atoms with Crippen molar-refractivity contribution in [1.82, 2.24) is 15.2 Å². The molecular formula is C30H33N3O3. The third-order valence-electron chi connectivity index (χ3n) is 6.48. The molecule has 1 heterocycles. The number of aliphatic hydroxyl groups is 1. The van der Waals surface area contributed by atoms with Crippen LogP contribution in [0.1, 0.15) is 54.8 Å². The lowest BCUT2D eigenvalue weighted by atomic mass is 9.99. The molecule has 0 radical (unpaired) electrons. The van der Waals surface area contributed by atoms with Gasteiger partial charge in [0, 0.05) is 28.5 Å². The normalized spacial score (nSPS) is 12.4. The molecule has 0 aliphatic heterocycles. The number of amides is 1. The zero-order chi connectivity index (χ0) is 25.7. The largest absolute Gasteiger partial charge is 0.394 e. The molecule has 1 amide bonds. The summed E-state index contributed by atoms with van der Waals surface area (Å²) < 4.78 is 1.61. The Morgan fingerprint density at radius 1 is 0.917 bits per heavy atom. The van der Waals surface area contributed by atoms with Crippen LogP contribution in [-0.4, -0.2) is 27.7 Å². The number of hydrogen-bond acceptors (Lipinski definition) is 4. The molecule has 6 nitrogen and oxygen atoms in total. The van der Waals surface area contributed by atoms with Crippen molar-refractivity contribution in [2.75, 3.05) is 6.61 Å². The number of fused-ring (bicyclic) bond motifs is 1. The molecule has 0 aliphatic rings. The van der Waals surface area contributed by atoms with Gasteiger partial charge in [0.05, 0.1) is 23.9 Å². The van der Waals surface area contributed by atoms with Crippen molar-refractivity contribution in [3.05, 3.63) is 112 Å². The van der Waals surface area contributed by atoms with Gasteiger partial charge in [-0.05, 0) is 44.0 Å². The van der Waals surface area contributed by atoms with E-state index in [1.165, 1.54) is 0 Å². The van der Waals surface area contributed by atoms with E-state index in [1.807, 2.05) is 99.6 Å². The van der Waals surface area contributed by atoms with E-state index in [9.17, 15) is 14.7 Å². The first kappa shape index (κ1) is 25.4. The van der Waals surface area contributed by atoms with E-state index in [1.54, 1.807) is 10.6 Å². The first-order valence-corrected chi connectivity index (χ1v) is 12.3. The number of carbonyl (C=O) groups excluding carboxylic acids is 1. The number of aromatic nitrogens is 1. The third-order valence-corrected chi connectivity index (χ3v) is 6.48. The minimum absolute atomic E-state index is 0.0937. The van der Waals surface area contributed by atoms with Crippen LogP contribution >= 0.6 is 0 Å². The van der Waals surface area contributed by atoms with E-state index >= 15 is 0 Å². The van der Waals surface area contributed by atoms with Gasteiger partial charge in [0.1, 0.15) is 0 Å². The molecule has 3 aromatic carbocycles. The van der Waals surface area contributed by atoms with Crippen molar-refractivity contribution in [2.24, 2.45) is 0 Å². The number of benzene rings is 3. The molecule has 0 aliphatic carbocycles. The smallest absolute Gasteiger partial charge is 0.263 e. The van der Waals surface area contributed by atoms with Crippen LogP contribution in [0.3, 0.4) is 0 Å². The maximum absolute atomic E-state index is 14.0. The fraction of sp³-hybridized carbons (Fsp3) is 0.267. The monoisotopic (exact) mass is 483 g/mol. The predicted octanol–water partition coefficient (Wildman–Crippen LogP) is 4.73. The van der Waals surface area contributed by atoms with Crippen LogP contribution in [-0.2, 0) is 6.54 Å². The van der Waals surface area contributed by atoms with Crippen molar-refractivity contribution in [3.8, 4) is 5.69 Å². The average Bonchev–Trinajstić information content (AvgIpc) is 2.91. The Kier molecular flexibility index (Phi) is 7.67. The van der Waals surface area contributed by atoms with Crippen LogP contribution in [0.15, 0.2) is 89.7 Å². The summed E-state index contributed by atoms with van der Waals surface area (Å²) in [6.45, 7) is 5.91. The number of pyridine rings is 1. The van der Waals surface area contributed by atoms with Gasteiger partial charge in [-0.1, -0.05) is 73.7 Å². The standard InChI is InChI=1S/C30H33N3O3/c1-4-25(21-13-7-5-8-14-21)32-28(35)27-23-17-11-12-18-24(23)29(36)33(22-15-9-6-10-16-22)26(27)19-31-30(2,3)20-34/h5-18,25,31,34H,4,19-20H2,1-3H3,(H,32,35)/t25-/m0/s1. The lowest BCUT2D eigenvalue weighted by Gasteiger charge is -2.27. The SMILES string of the molecule is CC[C@H](NC(=O)c1c(CNC(C)(C)CO)n(-c2ccccc2)c(=O)c2ccccc12)c1ccccc1. The van der Waals surface area contributed by atoms with Crippen LogP contribution in [0.25, 0.3) is 16.5 Å². The van der Waals surface area contributed by atoms with Gasteiger partial charge in [0.2, 0.25) is 0 Å². The molecule has 1 atom stereocenters. The highest BCUT2D eigenvalue weighted by Crippen LogP contribution is 2.25. The van der Waals surface area contributed by atoms with Gasteiger partial charge in [-0.2, -0.15) is 0 Å². The summed E-state index contributed by atoms with van der Waals surface area (Å²) in [6, 6.07) is 26.3. The Hall–Kier alpha value is -3.74. The Bertz CT molecular complexity index is 1400. The van der Waals surface area contributed by atoms with Gasteiger partial charge >= 0.3 is 0 Å². The quantitative estimate of drug-likeness (QED) is 0.321. The summed E-state index contributed by atoms with van der Waals surface area (Å²) >= 11 is 0. The molecule has 0 fully saturated rings. The molecule has 0 unspecified atom stereocenters. The summed E-state index contributed by atoms with van der Waals surface area (Å²) in [5.74, 6) is -0.245. The van der Waals surface area contributed by atoms with E-state index in [0.29, 0.717) is 27.7 Å². The Morgan fingerprint density at radius 3 is 2.11 bits per heavy atom. The van der Waals surface area contributed by atoms with Gasteiger partial charge in [-0.3, -0.25) is 14.2 Å². The Morgan fingerprint density at radius 2 is 1.50 bits per heavy atom. The summed E-state index contributed by atoms with van der Waals surface area (Å²) in [5.41, 5.74) is 1.90. The van der Waals surface area contributed by atoms with Gasteiger partial charge < -0.3 is 15.7 Å². The Balaban J connectivity index is 1.94. The first-order valence-electron chi connectivity index (χ1n) is 12.3. The average molecular weight is 484 g/mol. The lowest BCUT2D eigenvalue weighted by molar-refractivity contribution is 0.0935. The summed E-state index contributed by atoms with van der Waals surface area (Å²) in [4.78, 5) is 27.8. The second-order valence-corrected chi connectivity index (χ2v) is 9.58. The molecule has 1 aromatic heterocycles. The van der Waals surface area contributed by atoms with Gasteiger partial charge in [-0.25, -0.2) is 0 Å². The molecule has 186 valence electrons. The highest BCUT2D eigenvalue weighted by Gasteiger charge is 2.26. The molecule has 6 heteroatoms. The lowest BCUT2D eigenvalue weighted by Crippen LogP contribution is -2.44. The van der Waals surface area contributed by atoms with E-state index < -0.39 is 5.54 Å². The Labute approximate surface area is 211 Å². The predicted molar refractivity (Wildman–Crippen MR) is 144 cm³/mol. The maximum atomic E-state index is 14.0. The molecule has 0 saturated heterocycles. The number of nitrogens with zero attached hydrogens (tertiary/aromatic N) is 1. The molecular weight excluding hydrogens is 450 g/mol. The van der Waals surface area contributed by atoms with Crippen molar-refractivity contribution in [1.29, 1.82) is 0 Å². The summed E-state index contributed by atoms with van der Waals surface area (Å²) in [6.07, 6.45) is 0.719. The molecule has 4 aromatic rings. The molecule has 0 saturated carbocycles. The number of carbonyl (C=O) groups is 1. The molecule has 0 bridgehead atoms. The van der Waals surface area contributed by atoms with Gasteiger partial charge in [0.15, 0.2) is 0 Å². The number of hydrogen-bond donors (Lipinski definition) is 3. The number of nitrogens with one attached hydrogen (secondary N) is 2. The van der Waals surface area contributed by atoms with Crippen molar-refractivity contribution in [3.63, 3.8) is 0 Å². The molecule has 36 heavy (non-hydrogen) atoms. The first-order chi connectivity index (χ1) is 17.4. The molecule has 4 rings (SSSR count). The van der Waals surface area contributed by atoms with Crippen molar-refractivity contribution >= 4 is 16.7 Å². The second-order valence-electron chi connectivity index (χ2n) is 9.58. The topological polar surface area (TPSA) is 83.4 Å². The summed E-state index contributed by atoms with van der Waals surface area (Å²) in [7, 11) is 0. The van der Waals surface area contributed by atoms with Gasteiger partial charge in [0.25, 0.3) is 11.5 Å². The van der Waals surface area contributed by atoms with Crippen LogP contribution in [0, 0.1) is 0 Å². The number of para-hydroxylation sites is 1. The fourth-order valence-corrected chi connectivity index (χ4v) is 4.38. The van der Waals surface area contributed by atoms with Crippen molar-refractivity contribution < 1.29 is 9.90 Å². The fourth-order valence-electron chi connectivity index (χ4n) is 4.38. The zero-order valence-corrected chi connectivity index (χ0v) is 21.0. The molecule has 0 spiro atoms. The number of aliphatic hydroxyl groups excluding tert-OH is 1. The minimum Gasteiger partial charge on any atom is -0.394 e. The minimum atomic E-state index is -0.604. The maximum Gasteiger partial charge on any atom is 0.263 e. The summed E-state index contributed by atoms with van der Waals surface area (Å²) in [5, 5.41) is 17.5. The van der Waals surface area contributed by atoms with Gasteiger partial charge in [-0.15, -0.1) is 0 Å². The van der Waals surface area contributed by atoms with E-state index in [4.69, 9.17) is 0 Å².